The van der Waals surface area contributed by atoms with Gasteiger partial charge in [-0.2, -0.15) is 0 Å². The highest BCUT2D eigenvalue weighted by molar-refractivity contribution is 8.01. The van der Waals surface area contributed by atoms with Gasteiger partial charge in [0.1, 0.15) is 5.69 Å². The number of thioether (sulfide) groups is 1. The summed E-state index contributed by atoms with van der Waals surface area (Å²) >= 11 is 1.83. The van der Waals surface area contributed by atoms with E-state index in [1.807, 2.05) is 30.0 Å². The third kappa shape index (κ3) is 4.72. The van der Waals surface area contributed by atoms with Gasteiger partial charge in [-0.25, -0.2) is 0 Å². The summed E-state index contributed by atoms with van der Waals surface area (Å²) in [7, 11) is -2.25. The Hall–Kier alpha value is -3.29. The Morgan fingerprint density at radius 1 is 0.872 bits per heavy atom. The topological polar surface area (TPSA) is 66.6 Å². The van der Waals surface area contributed by atoms with E-state index in [0.717, 1.165) is 16.7 Å². The van der Waals surface area contributed by atoms with Gasteiger partial charge in [-0.3, -0.25) is 4.79 Å². The van der Waals surface area contributed by atoms with E-state index in [4.69, 9.17) is 4.52 Å². The van der Waals surface area contributed by atoms with Crippen molar-refractivity contribution >= 4 is 25.9 Å². The smallest absolute Gasteiger partial charge is 0.222 e. The molecule has 1 saturated heterocycles. The Morgan fingerprint density at radius 3 is 1.72 bits per heavy atom. The first-order chi connectivity index (χ1) is 18.6. The van der Waals surface area contributed by atoms with Gasteiger partial charge >= 0.3 is 0 Å². The highest BCUT2D eigenvalue weighted by Crippen LogP contribution is 2.57. The van der Waals surface area contributed by atoms with Crippen molar-refractivity contribution in [2.45, 2.75) is 55.4 Å². The first kappa shape index (κ1) is 27.3. The van der Waals surface area contributed by atoms with Gasteiger partial charge in [0, 0.05) is 6.42 Å². The molecule has 1 amide bonds. The summed E-state index contributed by atoms with van der Waals surface area (Å²) in [6.07, 6.45) is 1.56. The number of hydrogen-bond donors (Lipinski definition) is 1. The minimum absolute atomic E-state index is 0.00207. The highest BCUT2D eigenvalue weighted by Gasteiger charge is 2.60. The summed E-state index contributed by atoms with van der Waals surface area (Å²) in [6.45, 7) is 11.3. The maximum atomic E-state index is 14.0. The van der Waals surface area contributed by atoms with Crippen LogP contribution in [0.25, 0.3) is 0 Å². The number of nitrogens with zero attached hydrogens (tertiary/aromatic N) is 2. The maximum absolute atomic E-state index is 14.0. The van der Waals surface area contributed by atoms with Gasteiger partial charge in [-0.05, 0) is 21.7 Å². The molecule has 1 N–H and O–H groups in total. The molecular formula is C32H36N2O3SSi. The monoisotopic (exact) mass is 556 g/mol. The Balaban J connectivity index is 1.70. The second-order valence-electron chi connectivity index (χ2n) is 11.8. The molecule has 5 nitrogen and oxygen atoms in total. The van der Waals surface area contributed by atoms with Crippen molar-refractivity contribution in [1.29, 1.82) is 0 Å². The van der Waals surface area contributed by atoms with Crippen LogP contribution in [0, 0.1) is 5.92 Å². The van der Waals surface area contributed by atoms with E-state index >= 15 is 0 Å². The SMILES string of the molecule is CC(C)(C)[Si](C)(C)N1C(=O)C(Cc2nocc2O)C1SC(c1ccccc1)(c1ccccc1)c1ccccc1. The van der Waals surface area contributed by atoms with E-state index in [2.05, 4.69) is 116 Å². The maximum Gasteiger partial charge on any atom is 0.222 e. The van der Waals surface area contributed by atoms with Gasteiger partial charge in [0.2, 0.25) is 5.91 Å². The molecule has 39 heavy (non-hydrogen) atoms. The molecule has 0 radical (unpaired) electrons. The van der Waals surface area contributed by atoms with Crippen LogP contribution in [0.1, 0.15) is 43.2 Å². The number of β-lactam (4-membered cyclic amide) rings is 1. The number of benzene rings is 3. The fourth-order valence-electron chi connectivity index (χ4n) is 5.31. The molecule has 2 atom stereocenters. The number of aromatic nitrogens is 1. The van der Waals surface area contributed by atoms with Crippen LogP contribution >= 0.6 is 11.8 Å². The number of amides is 1. The summed E-state index contributed by atoms with van der Waals surface area (Å²) in [5.74, 6) is -0.210. The van der Waals surface area contributed by atoms with Gasteiger partial charge in [0.25, 0.3) is 0 Å². The van der Waals surface area contributed by atoms with Crippen LogP contribution in [0.15, 0.2) is 102 Å². The minimum atomic E-state index is -2.25. The van der Waals surface area contributed by atoms with Gasteiger partial charge < -0.3 is 14.2 Å². The van der Waals surface area contributed by atoms with E-state index in [-0.39, 0.29) is 28.0 Å². The molecule has 1 aromatic heterocycles. The van der Waals surface area contributed by atoms with Gasteiger partial charge in [-0.1, -0.05) is 130 Å². The molecule has 4 aromatic rings. The summed E-state index contributed by atoms with van der Waals surface area (Å²) < 4.78 is 6.65. The molecule has 0 spiro atoms. The van der Waals surface area contributed by atoms with Gasteiger partial charge in [-0.15, -0.1) is 11.8 Å². The summed E-state index contributed by atoms with van der Waals surface area (Å²) in [4.78, 5) is 14.0. The standard InChI is InChI=1S/C32H36N2O3SSi/c1-31(2,3)39(4,5)34-29(36)26(21-27-28(35)22-37-33-27)30(34)38-32(23-15-9-6-10-16-23,24-17-11-7-12-18-24)25-19-13-8-14-20-25/h6-20,22,26,30,35H,21H2,1-5H3. The Morgan fingerprint density at radius 2 is 1.33 bits per heavy atom. The molecule has 1 aliphatic heterocycles. The van der Waals surface area contributed by atoms with Crippen LogP contribution in [0.3, 0.4) is 0 Å². The largest absolute Gasteiger partial charge is 0.503 e. The van der Waals surface area contributed by atoms with Crippen molar-refractivity contribution in [3.05, 3.63) is 120 Å². The minimum Gasteiger partial charge on any atom is -0.503 e. The van der Waals surface area contributed by atoms with Crippen LogP contribution in [-0.2, 0) is 16.0 Å². The van der Waals surface area contributed by atoms with Crippen LogP contribution in [0.2, 0.25) is 18.1 Å². The lowest BCUT2D eigenvalue weighted by Gasteiger charge is -2.59. The molecule has 3 aromatic carbocycles. The number of carbonyl (C=O) groups excluding carboxylic acids is 1. The molecule has 202 valence electrons. The third-order valence-electron chi connectivity index (χ3n) is 8.47. The van der Waals surface area contributed by atoms with Crippen molar-refractivity contribution in [2.24, 2.45) is 5.92 Å². The van der Waals surface area contributed by atoms with Crippen LogP contribution in [0.4, 0.5) is 0 Å². The van der Waals surface area contributed by atoms with Crippen molar-refractivity contribution in [1.82, 2.24) is 9.72 Å². The van der Waals surface area contributed by atoms with Crippen molar-refractivity contribution in [2.75, 3.05) is 0 Å². The zero-order valence-corrected chi connectivity index (χ0v) is 25.0. The van der Waals surface area contributed by atoms with Crippen LogP contribution in [0.5, 0.6) is 5.75 Å². The summed E-state index contributed by atoms with van der Waals surface area (Å²) in [5, 5.41) is 14.2. The van der Waals surface area contributed by atoms with Crippen molar-refractivity contribution in [3.63, 3.8) is 0 Å². The lowest BCUT2D eigenvalue weighted by atomic mass is 9.84. The molecule has 7 heteroatoms. The van der Waals surface area contributed by atoms with E-state index in [0.29, 0.717) is 12.1 Å². The number of rotatable bonds is 8. The normalized spacial score (nSPS) is 18.2. The summed E-state index contributed by atoms with van der Waals surface area (Å²) in [5.41, 5.74) is 3.90. The second kappa shape index (κ2) is 10.4. The Labute approximate surface area is 236 Å². The lowest BCUT2D eigenvalue weighted by Crippen LogP contribution is -2.72. The average molecular weight is 557 g/mol. The molecule has 0 bridgehead atoms. The fraction of sp³-hybridized carbons (Fsp3) is 0.312. The van der Waals surface area contributed by atoms with Crippen molar-refractivity contribution < 1.29 is 14.4 Å². The quantitative estimate of drug-likeness (QED) is 0.139. The van der Waals surface area contributed by atoms with E-state index < -0.39 is 13.0 Å². The zero-order chi connectivity index (χ0) is 27.8. The molecule has 2 heterocycles. The molecule has 0 aliphatic carbocycles. The number of aromatic hydroxyl groups is 1. The molecule has 0 saturated carbocycles. The average Bonchev–Trinajstić information content (AvgIpc) is 3.34. The number of hydrogen-bond acceptors (Lipinski definition) is 5. The van der Waals surface area contributed by atoms with Gasteiger partial charge in [0.15, 0.2) is 20.2 Å². The second-order valence-corrected chi connectivity index (χ2v) is 18.2. The van der Waals surface area contributed by atoms with Gasteiger partial charge in [0.05, 0.1) is 16.0 Å². The van der Waals surface area contributed by atoms with Crippen molar-refractivity contribution in [3.8, 4) is 5.75 Å². The van der Waals surface area contributed by atoms with E-state index in [1.54, 1.807) is 0 Å². The Kier molecular flexibility index (Phi) is 7.24. The summed E-state index contributed by atoms with van der Waals surface area (Å²) in [6, 6.07) is 31.7. The lowest BCUT2D eigenvalue weighted by molar-refractivity contribution is -0.143. The van der Waals surface area contributed by atoms with E-state index in [9.17, 15) is 9.90 Å². The Bertz CT molecular complexity index is 1320. The van der Waals surface area contributed by atoms with Crippen LogP contribution in [-0.4, -0.2) is 34.3 Å². The molecule has 5 rings (SSSR count). The molecule has 2 unspecified atom stereocenters. The first-order valence-electron chi connectivity index (χ1n) is 13.4. The number of carbonyl (C=O) groups is 1. The zero-order valence-electron chi connectivity index (χ0n) is 23.2. The third-order valence-corrected chi connectivity index (χ3v) is 15.9. The van der Waals surface area contributed by atoms with E-state index in [1.165, 1.54) is 6.26 Å². The highest BCUT2D eigenvalue weighted by atomic mass is 32.2. The molecule has 1 aliphatic rings. The first-order valence-corrected chi connectivity index (χ1v) is 17.2. The molecular weight excluding hydrogens is 521 g/mol. The fourth-order valence-corrected chi connectivity index (χ4v) is 10.3. The predicted octanol–water partition coefficient (Wildman–Crippen LogP) is 7.44. The van der Waals surface area contributed by atoms with Crippen LogP contribution < -0.4 is 0 Å². The molecule has 1 fully saturated rings. The predicted molar refractivity (Wildman–Crippen MR) is 160 cm³/mol.